The van der Waals surface area contributed by atoms with Crippen LogP contribution in [-0.2, 0) is 11.3 Å². The molecule has 0 bridgehead atoms. The van der Waals surface area contributed by atoms with Crippen molar-refractivity contribution in [3.8, 4) is 5.69 Å². The summed E-state index contributed by atoms with van der Waals surface area (Å²) in [6.07, 6.45) is 6.30. The molecule has 29 heavy (non-hydrogen) atoms. The number of benzene rings is 1. The lowest BCUT2D eigenvalue weighted by Gasteiger charge is -2.33. The first-order chi connectivity index (χ1) is 14.1. The van der Waals surface area contributed by atoms with Crippen LogP contribution in [0.5, 0.6) is 0 Å². The van der Waals surface area contributed by atoms with E-state index in [-0.39, 0.29) is 0 Å². The summed E-state index contributed by atoms with van der Waals surface area (Å²) in [4.78, 5) is 6.88. The minimum Gasteiger partial charge on any atom is -0.377 e. The molecule has 1 aromatic heterocycles. The van der Waals surface area contributed by atoms with Crippen LogP contribution < -0.4 is 10.6 Å². The van der Waals surface area contributed by atoms with Crippen molar-refractivity contribution >= 4 is 5.96 Å². The van der Waals surface area contributed by atoms with Crippen molar-refractivity contribution in [2.75, 3.05) is 33.3 Å². The van der Waals surface area contributed by atoms with Crippen LogP contribution in [0.25, 0.3) is 5.69 Å². The highest BCUT2D eigenvalue weighted by Crippen LogP contribution is 2.11. The Balaban J connectivity index is 1.42. The molecule has 0 amide bonds. The summed E-state index contributed by atoms with van der Waals surface area (Å²) >= 11 is 0. The topological polar surface area (TPSA) is 66.7 Å². The van der Waals surface area contributed by atoms with Gasteiger partial charge in [0.15, 0.2) is 5.96 Å². The molecular weight excluding hydrogens is 364 g/mol. The van der Waals surface area contributed by atoms with Crippen molar-refractivity contribution in [3.63, 3.8) is 0 Å². The van der Waals surface area contributed by atoms with Crippen LogP contribution in [0.2, 0.25) is 0 Å². The molecule has 158 valence electrons. The zero-order chi connectivity index (χ0) is 20.5. The Morgan fingerprint density at radius 2 is 2.10 bits per heavy atom. The SMILES string of the molecule is CN=C(NCc1cccc(-n2cccn2)c1)NC1CCN(CCOC(C)C)CC1. The molecule has 1 aliphatic rings. The van der Waals surface area contributed by atoms with Crippen molar-refractivity contribution in [1.29, 1.82) is 0 Å². The maximum absolute atomic E-state index is 5.67. The van der Waals surface area contributed by atoms with Gasteiger partial charge in [0, 0.05) is 51.7 Å². The van der Waals surface area contributed by atoms with Gasteiger partial charge in [0.1, 0.15) is 0 Å². The summed E-state index contributed by atoms with van der Waals surface area (Å²) in [6, 6.07) is 10.8. The molecule has 1 aromatic carbocycles. The molecule has 0 radical (unpaired) electrons. The molecule has 0 unspecified atom stereocenters. The largest absolute Gasteiger partial charge is 0.377 e. The minimum absolute atomic E-state index is 0.309. The van der Waals surface area contributed by atoms with Crippen LogP contribution in [0, 0.1) is 0 Å². The number of aliphatic imine (C=N–C) groups is 1. The van der Waals surface area contributed by atoms with E-state index in [2.05, 4.69) is 63.7 Å². The summed E-state index contributed by atoms with van der Waals surface area (Å²) in [6.45, 7) is 8.93. The normalized spacial score (nSPS) is 16.3. The molecule has 7 heteroatoms. The molecule has 0 aliphatic carbocycles. The summed E-state index contributed by atoms with van der Waals surface area (Å²) in [5, 5.41) is 11.3. The van der Waals surface area contributed by atoms with E-state index in [1.54, 1.807) is 6.20 Å². The molecule has 1 fully saturated rings. The van der Waals surface area contributed by atoms with Crippen LogP contribution >= 0.6 is 0 Å². The molecule has 2 heterocycles. The van der Waals surface area contributed by atoms with Gasteiger partial charge in [-0.05, 0) is 50.5 Å². The van der Waals surface area contributed by atoms with Crippen LogP contribution in [0.3, 0.4) is 0 Å². The minimum atomic E-state index is 0.309. The molecule has 0 atom stereocenters. The van der Waals surface area contributed by atoms with Crippen molar-refractivity contribution in [2.24, 2.45) is 4.99 Å². The van der Waals surface area contributed by atoms with E-state index in [0.717, 1.165) is 57.3 Å². The monoisotopic (exact) mass is 398 g/mol. The maximum atomic E-state index is 5.67. The lowest BCUT2D eigenvalue weighted by Crippen LogP contribution is -2.49. The van der Waals surface area contributed by atoms with E-state index in [9.17, 15) is 0 Å². The molecular formula is C22H34N6O. The van der Waals surface area contributed by atoms with E-state index in [1.807, 2.05) is 24.0 Å². The third-order valence-corrected chi connectivity index (χ3v) is 5.15. The first-order valence-corrected chi connectivity index (χ1v) is 10.5. The van der Waals surface area contributed by atoms with Crippen molar-refractivity contribution in [1.82, 2.24) is 25.3 Å². The average Bonchev–Trinajstić information content (AvgIpc) is 3.27. The molecule has 2 aromatic rings. The third kappa shape index (κ3) is 6.87. The van der Waals surface area contributed by atoms with Crippen molar-refractivity contribution in [3.05, 3.63) is 48.3 Å². The Bertz CT molecular complexity index is 750. The summed E-state index contributed by atoms with van der Waals surface area (Å²) in [7, 11) is 1.83. The number of nitrogens with one attached hydrogen (secondary N) is 2. The fraction of sp³-hybridized carbons (Fsp3) is 0.545. The lowest BCUT2D eigenvalue weighted by molar-refractivity contribution is 0.0532. The maximum Gasteiger partial charge on any atom is 0.191 e. The van der Waals surface area contributed by atoms with Gasteiger partial charge in [-0.25, -0.2) is 4.68 Å². The number of ether oxygens (including phenoxy) is 1. The first-order valence-electron chi connectivity index (χ1n) is 10.5. The average molecular weight is 399 g/mol. The first kappa shape index (κ1) is 21.3. The van der Waals surface area contributed by atoms with Gasteiger partial charge in [-0.3, -0.25) is 4.99 Å². The second-order valence-electron chi connectivity index (χ2n) is 7.73. The van der Waals surface area contributed by atoms with Gasteiger partial charge < -0.3 is 20.3 Å². The standard InChI is InChI=1S/C22H34N6O/c1-18(2)29-15-14-27-12-8-20(9-13-27)26-22(23-3)24-17-19-6-4-7-21(16-19)28-11-5-10-25-28/h4-7,10-11,16,18,20H,8-9,12-15,17H2,1-3H3,(H2,23,24,26). The number of hydrogen-bond donors (Lipinski definition) is 2. The molecule has 0 saturated carbocycles. The second-order valence-corrected chi connectivity index (χ2v) is 7.73. The van der Waals surface area contributed by atoms with Crippen LogP contribution in [0.4, 0.5) is 0 Å². The van der Waals surface area contributed by atoms with E-state index in [4.69, 9.17) is 4.74 Å². The Morgan fingerprint density at radius 1 is 1.28 bits per heavy atom. The van der Waals surface area contributed by atoms with Crippen molar-refractivity contribution in [2.45, 2.75) is 45.4 Å². The number of hydrogen-bond acceptors (Lipinski definition) is 4. The lowest BCUT2D eigenvalue weighted by atomic mass is 10.1. The van der Waals surface area contributed by atoms with Gasteiger partial charge in [-0.1, -0.05) is 12.1 Å². The second kappa shape index (κ2) is 11.0. The fourth-order valence-electron chi connectivity index (χ4n) is 3.52. The smallest absolute Gasteiger partial charge is 0.191 e. The molecule has 1 saturated heterocycles. The number of piperidine rings is 1. The van der Waals surface area contributed by atoms with Crippen LogP contribution in [0.1, 0.15) is 32.3 Å². The van der Waals surface area contributed by atoms with E-state index in [0.29, 0.717) is 12.1 Å². The van der Waals surface area contributed by atoms with Gasteiger partial charge in [-0.2, -0.15) is 5.10 Å². The Hall–Kier alpha value is -2.38. The highest BCUT2D eigenvalue weighted by molar-refractivity contribution is 5.80. The molecule has 0 spiro atoms. The fourth-order valence-corrected chi connectivity index (χ4v) is 3.52. The summed E-state index contributed by atoms with van der Waals surface area (Å²) in [5.74, 6) is 0.857. The quantitative estimate of drug-likeness (QED) is 0.528. The van der Waals surface area contributed by atoms with Crippen LogP contribution in [-0.4, -0.2) is 66.1 Å². The Morgan fingerprint density at radius 3 is 2.79 bits per heavy atom. The predicted molar refractivity (Wildman–Crippen MR) is 117 cm³/mol. The van der Waals surface area contributed by atoms with Crippen molar-refractivity contribution < 1.29 is 4.74 Å². The molecule has 2 N–H and O–H groups in total. The molecule has 3 rings (SSSR count). The molecule has 7 nitrogen and oxygen atoms in total. The number of aromatic nitrogens is 2. The zero-order valence-corrected chi connectivity index (χ0v) is 17.8. The number of nitrogens with zero attached hydrogens (tertiary/aromatic N) is 4. The van der Waals surface area contributed by atoms with Gasteiger partial charge in [-0.15, -0.1) is 0 Å². The number of guanidine groups is 1. The third-order valence-electron chi connectivity index (χ3n) is 5.15. The highest BCUT2D eigenvalue weighted by Gasteiger charge is 2.19. The van der Waals surface area contributed by atoms with Gasteiger partial charge >= 0.3 is 0 Å². The van der Waals surface area contributed by atoms with Gasteiger partial charge in [0.25, 0.3) is 0 Å². The van der Waals surface area contributed by atoms with E-state index < -0.39 is 0 Å². The summed E-state index contributed by atoms with van der Waals surface area (Å²) in [5.41, 5.74) is 2.26. The van der Waals surface area contributed by atoms with E-state index >= 15 is 0 Å². The number of rotatable bonds is 8. The van der Waals surface area contributed by atoms with Gasteiger partial charge in [0.05, 0.1) is 18.4 Å². The van der Waals surface area contributed by atoms with Gasteiger partial charge in [0.2, 0.25) is 0 Å². The van der Waals surface area contributed by atoms with Crippen LogP contribution in [0.15, 0.2) is 47.7 Å². The van der Waals surface area contributed by atoms with E-state index in [1.165, 1.54) is 5.56 Å². The zero-order valence-electron chi connectivity index (χ0n) is 17.8. The predicted octanol–water partition coefficient (Wildman–Crippen LogP) is 2.43. The molecule has 1 aliphatic heterocycles. The number of likely N-dealkylation sites (tertiary alicyclic amines) is 1. The highest BCUT2D eigenvalue weighted by atomic mass is 16.5. The Labute approximate surface area is 174 Å². The summed E-state index contributed by atoms with van der Waals surface area (Å²) < 4.78 is 7.54. The Kier molecular flexibility index (Phi) is 8.07.